The molecule has 0 amide bonds. The van der Waals surface area contributed by atoms with Crippen LogP contribution in [0.4, 0.5) is 13.2 Å². The largest absolute Gasteiger partial charge is 0.438 e. The summed E-state index contributed by atoms with van der Waals surface area (Å²) >= 11 is 5.77. The third-order valence-corrected chi connectivity index (χ3v) is 4.97. The molecule has 0 unspecified atom stereocenters. The summed E-state index contributed by atoms with van der Waals surface area (Å²) in [5.74, 6) is -0.0445. The van der Waals surface area contributed by atoms with Crippen LogP contribution in [0.5, 0.6) is 11.6 Å². The zero-order valence-corrected chi connectivity index (χ0v) is 15.6. The number of hydrogen-bond acceptors (Lipinski definition) is 4. The van der Waals surface area contributed by atoms with Gasteiger partial charge in [-0.2, -0.15) is 13.2 Å². The summed E-state index contributed by atoms with van der Waals surface area (Å²) in [7, 11) is -3.71. The van der Waals surface area contributed by atoms with Crippen molar-refractivity contribution in [2.45, 2.75) is 37.4 Å². The Balaban J connectivity index is 2.20. The van der Waals surface area contributed by atoms with Crippen molar-refractivity contribution in [3.8, 4) is 11.6 Å². The average Bonchev–Trinajstić information content (AvgIpc) is 2.46. The predicted molar refractivity (Wildman–Crippen MR) is 90.8 cm³/mol. The Morgan fingerprint density at radius 1 is 1.12 bits per heavy atom. The fourth-order valence-electron chi connectivity index (χ4n) is 1.92. The molecular weight excluding hydrogens is 393 g/mol. The summed E-state index contributed by atoms with van der Waals surface area (Å²) in [6, 6.07) is 6.03. The summed E-state index contributed by atoms with van der Waals surface area (Å²) in [6.45, 7) is 5.13. The number of nitrogens with zero attached hydrogens (tertiary/aromatic N) is 1. The summed E-state index contributed by atoms with van der Waals surface area (Å²) < 4.78 is 70.0. The van der Waals surface area contributed by atoms with Gasteiger partial charge < -0.3 is 4.74 Å². The maximum absolute atomic E-state index is 12.6. The lowest BCUT2D eigenvalue weighted by molar-refractivity contribution is -0.137. The van der Waals surface area contributed by atoms with Crippen molar-refractivity contribution < 1.29 is 26.3 Å². The Bertz CT molecular complexity index is 892. The van der Waals surface area contributed by atoms with E-state index in [-0.39, 0.29) is 21.5 Å². The van der Waals surface area contributed by atoms with E-state index in [0.717, 1.165) is 0 Å². The van der Waals surface area contributed by atoms with Crippen LogP contribution in [-0.4, -0.2) is 18.9 Å². The minimum atomic E-state index is -4.56. The Kier molecular flexibility index (Phi) is 5.55. The normalized spacial score (nSPS) is 12.9. The zero-order valence-electron chi connectivity index (χ0n) is 14.1. The first-order valence-corrected chi connectivity index (χ1v) is 9.19. The second-order valence-corrected chi connectivity index (χ2v) is 8.53. The van der Waals surface area contributed by atoms with Crippen molar-refractivity contribution in [1.82, 2.24) is 9.71 Å². The van der Waals surface area contributed by atoms with Gasteiger partial charge in [0.15, 0.2) is 0 Å². The molecule has 0 bridgehead atoms. The Morgan fingerprint density at radius 3 is 2.15 bits per heavy atom. The molecule has 1 heterocycles. The van der Waals surface area contributed by atoms with Crippen LogP contribution in [0.1, 0.15) is 26.3 Å². The van der Waals surface area contributed by atoms with Crippen LogP contribution in [0.25, 0.3) is 0 Å². The van der Waals surface area contributed by atoms with Crippen LogP contribution in [-0.2, 0) is 16.2 Å². The molecule has 0 spiro atoms. The molecule has 0 atom stereocenters. The van der Waals surface area contributed by atoms with Crippen molar-refractivity contribution in [2.24, 2.45) is 0 Å². The highest BCUT2D eigenvalue weighted by molar-refractivity contribution is 7.89. The van der Waals surface area contributed by atoms with E-state index >= 15 is 0 Å². The molecule has 1 aromatic heterocycles. The van der Waals surface area contributed by atoms with Crippen LogP contribution in [0, 0.1) is 0 Å². The van der Waals surface area contributed by atoms with Gasteiger partial charge in [0.2, 0.25) is 15.9 Å². The van der Waals surface area contributed by atoms with E-state index in [9.17, 15) is 21.6 Å². The fraction of sp³-hybridized carbons (Fsp3) is 0.312. The molecule has 0 aliphatic rings. The van der Waals surface area contributed by atoms with Gasteiger partial charge in [-0.15, -0.1) is 0 Å². The molecular formula is C16H16ClF3N2O3S. The molecule has 2 aromatic rings. The van der Waals surface area contributed by atoms with Gasteiger partial charge in [0.05, 0.1) is 10.5 Å². The maximum Gasteiger partial charge on any atom is 0.417 e. The van der Waals surface area contributed by atoms with Crippen LogP contribution >= 0.6 is 11.6 Å². The molecule has 5 nitrogen and oxygen atoms in total. The summed E-state index contributed by atoms with van der Waals surface area (Å²) in [5, 5.41) is -0.314. The van der Waals surface area contributed by atoms with E-state index in [1.165, 1.54) is 24.3 Å². The van der Waals surface area contributed by atoms with Crippen LogP contribution in [0.15, 0.2) is 41.4 Å². The monoisotopic (exact) mass is 408 g/mol. The first-order valence-electron chi connectivity index (χ1n) is 7.32. The molecule has 26 heavy (non-hydrogen) atoms. The van der Waals surface area contributed by atoms with Crippen molar-refractivity contribution >= 4 is 21.6 Å². The summed E-state index contributed by atoms with van der Waals surface area (Å²) in [4.78, 5) is 3.57. The van der Waals surface area contributed by atoms with Crippen LogP contribution in [0.3, 0.4) is 0 Å². The Hall–Kier alpha value is -1.84. The first-order chi connectivity index (χ1) is 11.8. The average molecular weight is 409 g/mol. The maximum atomic E-state index is 12.6. The Labute approximate surface area is 154 Å². The van der Waals surface area contributed by atoms with Gasteiger partial charge in [0, 0.05) is 11.7 Å². The van der Waals surface area contributed by atoms with Gasteiger partial charge in [-0.3, -0.25) is 0 Å². The second kappa shape index (κ2) is 7.05. The number of hydrogen-bond donors (Lipinski definition) is 1. The molecule has 2 rings (SSSR count). The lowest BCUT2D eigenvalue weighted by Crippen LogP contribution is -2.40. The van der Waals surface area contributed by atoms with Crippen molar-refractivity contribution in [2.75, 3.05) is 0 Å². The molecule has 1 N–H and O–H groups in total. The standard InChI is InChI=1S/C16H16ClF3N2O3S/c1-15(2,3)22-26(23,24)12-6-4-11(5-7-12)25-14-13(17)8-10(9-21-14)16(18,19)20/h4-9,22H,1-3H3. The number of benzene rings is 1. The molecule has 1 aromatic carbocycles. The Morgan fingerprint density at radius 2 is 1.69 bits per heavy atom. The molecule has 0 aliphatic carbocycles. The number of alkyl halides is 3. The highest BCUT2D eigenvalue weighted by Gasteiger charge is 2.31. The van der Waals surface area contributed by atoms with E-state index in [1.807, 2.05) is 0 Å². The number of rotatable bonds is 4. The number of aromatic nitrogens is 1. The van der Waals surface area contributed by atoms with Gasteiger partial charge in [-0.25, -0.2) is 18.1 Å². The third kappa shape index (κ3) is 5.33. The molecule has 0 radical (unpaired) electrons. The highest BCUT2D eigenvalue weighted by atomic mass is 35.5. The molecule has 0 fully saturated rings. The van der Waals surface area contributed by atoms with Gasteiger partial charge in [0.1, 0.15) is 10.8 Å². The lowest BCUT2D eigenvalue weighted by atomic mass is 10.1. The minimum absolute atomic E-state index is 0.0197. The number of sulfonamides is 1. The molecule has 10 heteroatoms. The van der Waals surface area contributed by atoms with Crippen molar-refractivity contribution in [1.29, 1.82) is 0 Å². The SMILES string of the molecule is CC(C)(C)NS(=O)(=O)c1ccc(Oc2ncc(C(F)(F)F)cc2Cl)cc1. The topological polar surface area (TPSA) is 68.3 Å². The van der Waals surface area contributed by atoms with E-state index < -0.39 is 27.3 Å². The van der Waals surface area contributed by atoms with Gasteiger partial charge in [-0.1, -0.05) is 11.6 Å². The van der Waals surface area contributed by atoms with Crippen LogP contribution in [0.2, 0.25) is 5.02 Å². The van der Waals surface area contributed by atoms with Crippen molar-refractivity contribution in [3.05, 3.63) is 47.1 Å². The summed E-state index contributed by atoms with van der Waals surface area (Å²) in [5.41, 5.74) is -1.64. The van der Waals surface area contributed by atoms with Gasteiger partial charge in [-0.05, 0) is 51.1 Å². The quantitative estimate of drug-likeness (QED) is 0.801. The first kappa shape index (κ1) is 20.5. The molecule has 0 saturated heterocycles. The number of nitrogens with one attached hydrogen (secondary N) is 1. The van der Waals surface area contributed by atoms with E-state index in [4.69, 9.17) is 16.3 Å². The van der Waals surface area contributed by atoms with Gasteiger partial charge >= 0.3 is 6.18 Å². The minimum Gasteiger partial charge on any atom is -0.438 e. The summed E-state index contributed by atoms with van der Waals surface area (Å²) in [6.07, 6.45) is -3.96. The highest BCUT2D eigenvalue weighted by Crippen LogP contribution is 2.34. The molecule has 0 aliphatic heterocycles. The van der Waals surface area contributed by atoms with E-state index in [1.54, 1.807) is 20.8 Å². The zero-order chi connectivity index (χ0) is 19.8. The molecule has 142 valence electrons. The van der Waals surface area contributed by atoms with E-state index in [2.05, 4.69) is 9.71 Å². The van der Waals surface area contributed by atoms with Crippen molar-refractivity contribution in [3.63, 3.8) is 0 Å². The number of halogens is 4. The number of ether oxygens (including phenoxy) is 1. The predicted octanol–water partition coefficient (Wildman–Crippen LogP) is 4.62. The smallest absolute Gasteiger partial charge is 0.417 e. The van der Waals surface area contributed by atoms with E-state index in [0.29, 0.717) is 12.3 Å². The fourth-order valence-corrected chi connectivity index (χ4v) is 3.54. The van der Waals surface area contributed by atoms with Crippen LogP contribution < -0.4 is 9.46 Å². The number of pyridine rings is 1. The lowest BCUT2D eigenvalue weighted by Gasteiger charge is -2.20. The molecule has 0 saturated carbocycles. The van der Waals surface area contributed by atoms with Gasteiger partial charge in [0.25, 0.3) is 0 Å². The second-order valence-electron chi connectivity index (χ2n) is 6.44. The third-order valence-electron chi connectivity index (χ3n) is 2.92.